The van der Waals surface area contributed by atoms with Crippen LogP contribution >= 0.6 is 7.82 Å². The van der Waals surface area contributed by atoms with E-state index < -0.39 is 76.5 Å². The summed E-state index contributed by atoms with van der Waals surface area (Å²) >= 11 is 0. The van der Waals surface area contributed by atoms with Crippen LogP contribution in [0.25, 0.3) is 0 Å². The lowest BCUT2D eigenvalue weighted by atomic mass is 9.90. The smallest absolute Gasteiger partial charge is 0.462 e. The van der Waals surface area contributed by atoms with Gasteiger partial charge in [-0.3, -0.25) is 23.4 Å². The molecule has 1 fully saturated rings. The summed E-state index contributed by atoms with van der Waals surface area (Å²) in [6.45, 7) is 4.17. The molecule has 0 saturated heterocycles. The zero-order valence-corrected chi connectivity index (χ0v) is 33.3. The highest BCUT2D eigenvalue weighted by molar-refractivity contribution is 7.47. The lowest BCUT2D eigenvalue weighted by Crippen LogP contribution is -2.29. The fourth-order valence-electron chi connectivity index (χ4n) is 5.98. The number of carbonyl (C=O) groups is 3. The van der Waals surface area contributed by atoms with Gasteiger partial charge in [0.25, 0.3) is 0 Å². The monoisotopic (exact) mass is 776 g/mol. The van der Waals surface area contributed by atoms with Crippen LogP contribution < -0.4 is 0 Å². The fraction of sp³-hybridized carbons (Fsp3) is 0.821. The van der Waals surface area contributed by atoms with Crippen molar-refractivity contribution in [3.8, 4) is 0 Å². The summed E-state index contributed by atoms with van der Waals surface area (Å²) in [5.41, 5.74) is 0. The van der Waals surface area contributed by atoms with Crippen molar-refractivity contribution in [2.45, 2.75) is 161 Å². The molecule has 0 bridgehead atoms. The molecule has 53 heavy (non-hydrogen) atoms. The predicted molar refractivity (Wildman–Crippen MR) is 202 cm³/mol. The zero-order valence-electron chi connectivity index (χ0n) is 32.4. The second-order valence-corrected chi connectivity index (χ2v) is 16.0. The van der Waals surface area contributed by atoms with Gasteiger partial charge in [-0.1, -0.05) is 109 Å². The van der Waals surface area contributed by atoms with E-state index in [-0.39, 0.29) is 31.0 Å². The molecule has 14 heteroatoms. The third-order valence-corrected chi connectivity index (χ3v) is 10.1. The molecule has 1 aliphatic carbocycles. The number of hydrogen-bond donors (Lipinski definition) is 5. The third kappa shape index (κ3) is 24.9. The van der Waals surface area contributed by atoms with Crippen LogP contribution in [-0.4, -0.2) is 93.9 Å². The van der Waals surface area contributed by atoms with Crippen LogP contribution in [0, 0.1) is 17.8 Å². The van der Waals surface area contributed by atoms with Gasteiger partial charge in [-0.25, -0.2) is 4.57 Å². The topological polar surface area (TPSA) is 206 Å². The fourth-order valence-corrected chi connectivity index (χ4v) is 6.77. The van der Waals surface area contributed by atoms with Crippen molar-refractivity contribution in [2.24, 2.45) is 17.8 Å². The van der Waals surface area contributed by atoms with Crippen LogP contribution in [0.5, 0.6) is 0 Å². The number of Topliss-reactive ketones (excluding diaryl/α,β-unsaturated/α-hetero) is 1. The van der Waals surface area contributed by atoms with E-state index in [2.05, 4.69) is 25.3 Å². The summed E-state index contributed by atoms with van der Waals surface area (Å²) in [6.07, 6.45) is 16.9. The Bertz CT molecular complexity index is 1110. The van der Waals surface area contributed by atoms with Gasteiger partial charge in [0.2, 0.25) is 0 Å². The number of phosphoric acid groups is 1. The van der Waals surface area contributed by atoms with Crippen LogP contribution in [-0.2, 0) is 37.5 Å². The van der Waals surface area contributed by atoms with Crippen molar-refractivity contribution in [1.82, 2.24) is 0 Å². The Labute approximate surface area is 317 Å². The predicted octanol–water partition coefficient (Wildman–Crippen LogP) is 6.28. The van der Waals surface area contributed by atoms with Crippen molar-refractivity contribution in [1.29, 1.82) is 0 Å². The Balaban J connectivity index is 2.56. The first-order chi connectivity index (χ1) is 25.3. The van der Waals surface area contributed by atoms with Crippen molar-refractivity contribution in [3.05, 3.63) is 24.3 Å². The van der Waals surface area contributed by atoms with Gasteiger partial charge in [0.1, 0.15) is 18.5 Å². The maximum absolute atomic E-state index is 12.7. The van der Waals surface area contributed by atoms with E-state index in [1.165, 1.54) is 25.7 Å². The molecule has 0 aromatic heterocycles. The van der Waals surface area contributed by atoms with Crippen molar-refractivity contribution < 1.29 is 62.8 Å². The molecule has 0 amide bonds. The first-order valence-corrected chi connectivity index (χ1v) is 21.2. The van der Waals surface area contributed by atoms with Gasteiger partial charge in [0.05, 0.1) is 32.0 Å². The summed E-state index contributed by atoms with van der Waals surface area (Å²) in [4.78, 5) is 47.5. The molecular weight excluding hydrogens is 707 g/mol. The van der Waals surface area contributed by atoms with Gasteiger partial charge in [0, 0.05) is 31.1 Å². The highest BCUT2D eigenvalue weighted by Gasteiger charge is 2.39. The molecule has 0 aromatic rings. The second-order valence-electron chi connectivity index (χ2n) is 14.6. The number of hydrogen-bond acceptors (Lipinski definition) is 12. The number of allylic oxidation sites excluding steroid dienone is 2. The second kappa shape index (κ2) is 29.3. The van der Waals surface area contributed by atoms with Gasteiger partial charge in [0.15, 0.2) is 6.10 Å². The molecule has 1 aliphatic rings. The number of carbonyl (C=O) groups excluding carboxylic acids is 3. The first kappa shape index (κ1) is 49.1. The number of rotatable bonds is 32. The first-order valence-electron chi connectivity index (χ1n) is 19.8. The number of ether oxygens (including phenoxy) is 2. The van der Waals surface area contributed by atoms with E-state index in [0.29, 0.717) is 32.1 Å². The number of phosphoric ester groups is 1. The maximum atomic E-state index is 12.7. The Morgan fingerprint density at radius 1 is 0.868 bits per heavy atom. The maximum Gasteiger partial charge on any atom is 0.472 e. The molecule has 0 aromatic carbocycles. The Morgan fingerprint density at radius 3 is 2.19 bits per heavy atom. The van der Waals surface area contributed by atoms with E-state index in [9.17, 15) is 39.2 Å². The average molecular weight is 777 g/mol. The number of unbranched alkanes of at least 4 members (excludes halogenated alkanes) is 9. The molecule has 1 unspecified atom stereocenters. The Kier molecular flexibility index (Phi) is 27.2. The largest absolute Gasteiger partial charge is 0.472 e. The third-order valence-electron chi connectivity index (χ3n) is 9.16. The molecule has 0 heterocycles. The highest BCUT2D eigenvalue weighted by Crippen LogP contribution is 2.43. The zero-order chi connectivity index (χ0) is 39.5. The van der Waals surface area contributed by atoms with Gasteiger partial charge in [-0.2, -0.15) is 0 Å². The summed E-state index contributed by atoms with van der Waals surface area (Å²) < 4.78 is 32.5. The van der Waals surface area contributed by atoms with Crippen LogP contribution in [0.2, 0.25) is 0 Å². The Morgan fingerprint density at radius 2 is 1.51 bits per heavy atom. The molecule has 1 rings (SSSR count). The van der Waals surface area contributed by atoms with E-state index >= 15 is 0 Å². The minimum Gasteiger partial charge on any atom is -0.462 e. The van der Waals surface area contributed by atoms with E-state index in [1.54, 1.807) is 12.2 Å². The highest BCUT2D eigenvalue weighted by atomic mass is 31.2. The van der Waals surface area contributed by atoms with E-state index in [1.807, 2.05) is 12.2 Å². The van der Waals surface area contributed by atoms with Crippen LogP contribution in [0.15, 0.2) is 24.3 Å². The Hall–Kier alpha value is -1.96. The van der Waals surface area contributed by atoms with Gasteiger partial charge in [-0.05, 0) is 38.0 Å². The molecule has 5 N–H and O–H groups in total. The molecule has 13 nitrogen and oxygen atoms in total. The van der Waals surface area contributed by atoms with Crippen LogP contribution in [0.4, 0.5) is 0 Å². The lowest BCUT2D eigenvalue weighted by Gasteiger charge is -2.20. The normalized spacial score (nSPS) is 20.6. The molecule has 0 spiro atoms. The van der Waals surface area contributed by atoms with Crippen molar-refractivity contribution in [2.75, 3.05) is 26.4 Å². The number of aliphatic hydroxyl groups is 4. The van der Waals surface area contributed by atoms with Crippen molar-refractivity contribution >= 4 is 25.5 Å². The van der Waals surface area contributed by atoms with Gasteiger partial charge >= 0.3 is 19.8 Å². The van der Waals surface area contributed by atoms with Crippen LogP contribution in [0.1, 0.15) is 136 Å². The van der Waals surface area contributed by atoms with E-state index in [0.717, 1.165) is 44.4 Å². The van der Waals surface area contributed by atoms with Crippen LogP contribution in [0.3, 0.4) is 0 Å². The molecule has 1 saturated carbocycles. The molecule has 0 aliphatic heterocycles. The molecular formula is C39H69O13P. The van der Waals surface area contributed by atoms with Gasteiger partial charge < -0.3 is 34.8 Å². The minimum absolute atomic E-state index is 0.00933. The summed E-state index contributed by atoms with van der Waals surface area (Å²) in [5, 5.41) is 38.9. The standard InChI is InChI=1S/C39H69O13P/c1-4-5-13-19-31(41)23-24-35-34(36(43)25-37(35)44)20-15-11-12-17-22-39(46)52-33(29-51-53(47,48)50-27-32(42)26-40)28-49-38(45)21-16-10-8-6-7-9-14-18-30(2)3/h11,15,23-24,30-35,37,40-42,44H,4-10,12-14,16-22,25-29H2,1-3H3,(H,47,48)/b15-11-,24-23+/t31-,32-,33+,34+,35+,37+/m0/s1. The van der Waals surface area contributed by atoms with Gasteiger partial charge in [-0.15, -0.1) is 0 Å². The molecule has 308 valence electrons. The SMILES string of the molecule is CCCCC[C@H](O)/C=C/[C@H]1[C@H](O)CC(=O)[C@@H]1C/C=C\CCCC(=O)O[C@H](COC(=O)CCCCCCCCCC(C)C)COP(=O)(O)OC[C@@H](O)CO. The molecule has 0 radical (unpaired) electrons. The number of ketones is 1. The number of esters is 2. The summed E-state index contributed by atoms with van der Waals surface area (Å²) in [6, 6.07) is 0. The van der Waals surface area contributed by atoms with Crippen molar-refractivity contribution in [3.63, 3.8) is 0 Å². The van der Waals surface area contributed by atoms with E-state index in [4.69, 9.17) is 19.1 Å². The summed E-state index contributed by atoms with van der Waals surface area (Å²) in [7, 11) is -4.69. The summed E-state index contributed by atoms with van der Waals surface area (Å²) in [5.74, 6) is -1.20. The quantitative estimate of drug-likeness (QED) is 0.0221. The number of aliphatic hydroxyl groups excluding tert-OH is 4. The lowest BCUT2D eigenvalue weighted by molar-refractivity contribution is -0.161. The molecule has 7 atom stereocenters. The minimum atomic E-state index is -4.69. The average Bonchev–Trinajstić information content (AvgIpc) is 3.38.